The molecule has 2 rings (SSSR count). The first kappa shape index (κ1) is 15.4. The lowest BCUT2D eigenvalue weighted by Gasteiger charge is -2.13. The molecule has 1 atom stereocenters. The molecule has 3 nitrogen and oxygen atoms in total. The third-order valence-electron chi connectivity index (χ3n) is 3.07. The van der Waals surface area contributed by atoms with E-state index in [9.17, 15) is 8.78 Å². The highest BCUT2D eigenvalue weighted by Crippen LogP contribution is 2.24. The molecule has 0 spiro atoms. The lowest BCUT2D eigenvalue weighted by atomic mass is 10.1. The van der Waals surface area contributed by atoms with Crippen LogP contribution in [0, 0.1) is 11.6 Å². The highest BCUT2D eigenvalue weighted by atomic mass is 19.1. The fraction of sp³-hybridized carbons (Fsp3) is 0.312. The van der Waals surface area contributed by atoms with Crippen molar-refractivity contribution in [3.8, 4) is 11.6 Å². The number of aromatic nitrogens is 1. The number of hydrogen-bond acceptors (Lipinski definition) is 3. The van der Waals surface area contributed by atoms with Crippen molar-refractivity contribution in [2.75, 3.05) is 6.54 Å². The standard InChI is InChI=1S/C16H18F2N2O/c1-3-8-19-11(2)12-4-7-16(20-10-12)21-15-9-13(17)5-6-14(15)18/h4-7,9-11,19H,3,8H2,1-2H3. The molecule has 21 heavy (non-hydrogen) atoms. The summed E-state index contributed by atoms with van der Waals surface area (Å²) in [5.74, 6) is -1.13. The van der Waals surface area contributed by atoms with Gasteiger partial charge in [0.15, 0.2) is 11.6 Å². The summed E-state index contributed by atoms with van der Waals surface area (Å²) in [6.45, 7) is 5.07. The van der Waals surface area contributed by atoms with E-state index in [2.05, 4.69) is 17.2 Å². The Bertz CT molecular complexity index is 587. The highest BCUT2D eigenvalue weighted by molar-refractivity contribution is 5.30. The van der Waals surface area contributed by atoms with Crippen LogP contribution in [0.3, 0.4) is 0 Å². The number of hydrogen-bond donors (Lipinski definition) is 1. The van der Waals surface area contributed by atoms with Crippen molar-refractivity contribution in [3.05, 3.63) is 53.7 Å². The Hall–Kier alpha value is -2.01. The van der Waals surface area contributed by atoms with Crippen LogP contribution < -0.4 is 10.1 Å². The van der Waals surface area contributed by atoms with E-state index in [4.69, 9.17) is 4.74 Å². The van der Waals surface area contributed by atoms with Crippen LogP contribution in [-0.2, 0) is 0 Å². The Labute approximate surface area is 123 Å². The van der Waals surface area contributed by atoms with Crippen LogP contribution in [0.2, 0.25) is 0 Å². The summed E-state index contributed by atoms with van der Waals surface area (Å²) in [6, 6.07) is 6.74. The van der Waals surface area contributed by atoms with Gasteiger partial charge in [-0.2, -0.15) is 0 Å². The topological polar surface area (TPSA) is 34.1 Å². The van der Waals surface area contributed by atoms with E-state index in [1.54, 1.807) is 12.3 Å². The van der Waals surface area contributed by atoms with Gasteiger partial charge in [-0.25, -0.2) is 13.8 Å². The van der Waals surface area contributed by atoms with Crippen LogP contribution in [0.5, 0.6) is 11.6 Å². The predicted octanol–water partition coefficient (Wildman–Crippen LogP) is 4.21. The Morgan fingerprint density at radius 3 is 2.71 bits per heavy atom. The van der Waals surface area contributed by atoms with Gasteiger partial charge in [0.2, 0.25) is 5.88 Å². The molecule has 1 aromatic heterocycles. The van der Waals surface area contributed by atoms with E-state index in [0.717, 1.165) is 36.7 Å². The van der Waals surface area contributed by atoms with E-state index in [1.165, 1.54) is 0 Å². The maximum atomic E-state index is 13.5. The third-order valence-corrected chi connectivity index (χ3v) is 3.07. The molecular weight excluding hydrogens is 274 g/mol. The van der Waals surface area contributed by atoms with Crippen LogP contribution >= 0.6 is 0 Å². The van der Waals surface area contributed by atoms with E-state index >= 15 is 0 Å². The Morgan fingerprint density at radius 2 is 2.05 bits per heavy atom. The lowest BCUT2D eigenvalue weighted by Crippen LogP contribution is -2.19. The molecule has 0 aliphatic carbocycles. The largest absolute Gasteiger partial charge is 0.436 e. The molecule has 1 aromatic carbocycles. The Morgan fingerprint density at radius 1 is 1.24 bits per heavy atom. The van der Waals surface area contributed by atoms with Crippen LogP contribution in [0.1, 0.15) is 31.9 Å². The van der Waals surface area contributed by atoms with Crippen molar-refractivity contribution < 1.29 is 13.5 Å². The molecule has 0 saturated carbocycles. The van der Waals surface area contributed by atoms with E-state index in [0.29, 0.717) is 0 Å². The minimum Gasteiger partial charge on any atom is -0.436 e. The molecule has 0 aliphatic rings. The van der Waals surface area contributed by atoms with Crippen molar-refractivity contribution in [3.63, 3.8) is 0 Å². The van der Waals surface area contributed by atoms with Crippen LogP contribution in [-0.4, -0.2) is 11.5 Å². The predicted molar refractivity (Wildman–Crippen MR) is 77.4 cm³/mol. The fourth-order valence-electron chi connectivity index (χ4n) is 1.86. The zero-order valence-corrected chi connectivity index (χ0v) is 12.1. The number of halogens is 2. The number of nitrogens with zero attached hydrogens (tertiary/aromatic N) is 1. The van der Waals surface area contributed by atoms with Crippen molar-refractivity contribution >= 4 is 0 Å². The summed E-state index contributed by atoms with van der Waals surface area (Å²) in [4.78, 5) is 4.12. The molecule has 0 radical (unpaired) electrons. The molecule has 112 valence electrons. The van der Waals surface area contributed by atoms with Gasteiger partial charge >= 0.3 is 0 Å². The number of pyridine rings is 1. The van der Waals surface area contributed by atoms with Gasteiger partial charge in [0.25, 0.3) is 0 Å². The van der Waals surface area contributed by atoms with Crippen molar-refractivity contribution in [1.29, 1.82) is 0 Å². The Balaban J connectivity index is 2.07. The zero-order chi connectivity index (χ0) is 15.2. The molecule has 0 fully saturated rings. The normalized spacial score (nSPS) is 12.2. The smallest absolute Gasteiger partial charge is 0.219 e. The minimum atomic E-state index is -0.625. The van der Waals surface area contributed by atoms with Crippen molar-refractivity contribution in [1.82, 2.24) is 10.3 Å². The zero-order valence-electron chi connectivity index (χ0n) is 12.1. The summed E-state index contributed by atoms with van der Waals surface area (Å²) in [5, 5.41) is 3.34. The maximum Gasteiger partial charge on any atom is 0.219 e. The molecule has 5 heteroatoms. The SMILES string of the molecule is CCCNC(C)c1ccc(Oc2cc(F)ccc2F)nc1. The second kappa shape index (κ2) is 7.13. The van der Waals surface area contributed by atoms with Gasteiger partial charge in [-0.1, -0.05) is 13.0 Å². The molecule has 1 heterocycles. The summed E-state index contributed by atoms with van der Waals surface area (Å²) >= 11 is 0. The van der Waals surface area contributed by atoms with Gasteiger partial charge in [0, 0.05) is 24.4 Å². The second-order valence-electron chi connectivity index (χ2n) is 4.78. The first-order chi connectivity index (χ1) is 10.1. The van der Waals surface area contributed by atoms with Gasteiger partial charge < -0.3 is 10.1 Å². The highest BCUT2D eigenvalue weighted by Gasteiger charge is 2.09. The lowest BCUT2D eigenvalue weighted by molar-refractivity contribution is 0.421. The van der Waals surface area contributed by atoms with Gasteiger partial charge in [-0.3, -0.25) is 0 Å². The molecule has 1 N–H and O–H groups in total. The van der Waals surface area contributed by atoms with Crippen LogP contribution in [0.25, 0.3) is 0 Å². The third kappa shape index (κ3) is 4.23. The summed E-state index contributed by atoms with van der Waals surface area (Å²) in [6.07, 6.45) is 2.72. The average Bonchev–Trinajstić information content (AvgIpc) is 2.49. The summed E-state index contributed by atoms with van der Waals surface area (Å²) < 4.78 is 31.8. The molecule has 0 amide bonds. The first-order valence-electron chi connectivity index (χ1n) is 6.92. The summed E-state index contributed by atoms with van der Waals surface area (Å²) in [5.41, 5.74) is 1.01. The molecule has 0 saturated heterocycles. The quantitative estimate of drug-likeness (QED) is 0.866. The Kier molecular flexibility index (Phi) is 5.22. The monoisotopic (exact) mass is 292 g/mol. The first-order valence-corrected chi connectivity index (χ1v) is 6.92. The summed E-state index contributed by atoms with van der Waals surface area (Å²) in [7, 11) is 0. The average molecular weight is 292 g/mol. The number of nitrogens with one attached hydrogen (secondary N) is 1. The van der Waals surface area contributed by atoms with Gasteiger partial charge in [-0.05, 0) is 37.6 Å². The van der Waals surface area contributed by atoms with Gasteiger partial charge in [-0.15, -0.1) is 0 Å². The fourth-order valence-corrected chi connectivity index (χ4v) is 1.86. The van der Waals surface area contributed by atoms with Crippen molar-refractivity contribution in [2.24, 2.45) is 0 Å². The molecular formula is C16H18F2N2O. The number of rotatable bonds is 6. The molecule has 0 aliphatic heterocycles. The van der Waals surface area contributed by atoms with E-state index < -0.39 is 11.6 Å². The second-order valence-corrected chi connectivity index (χ2v) is 4.78. The van der Waals surface area contributed by atoms with Gasteiger partial charge in [0.05, 0.1) is 0 Å². The number of ether oxygens (including phenoxy) is 1. The number of benzene rings is 1. The van der Waals surface area contributed by atoms with E-state index in [1.807, 2.05) is 13.0 Å². The molecule has 1 unspecified atom stereocenters. The van der Waals surface area contributed by atoms with Crippen LogP contribution in [0.4, 0.5) is 8.78 Å². The van der Waals surface area contributed by atoms with E-state index in [-0.39, 0.29) is 17.7 Å². The maximum absolute atomic E-state index is 13.5. The molecule has 2 aromatic rings. The van der Waals surface area contributed by atoms with Gasteiger partial charge in [0.1, 0.15) is 5.82 Å². The minimum absolute atomic E-state index is 0.174. The van der Waals surface area contributed by atoms with Crippen LogP contribution in [0.15, 0.2) is 36.5 Å². The molecule has 0 bridgehead atoms. The van der Waals surface area contributed by atoms with Crippen molar-refractivity contribution in [2.45, 2.75) is 26.3 Å².